The lowest BCUT2D eigenvalue weighted by molar-refractivity contribution is -0.134. The lowest BCUT2D eigenvalue weighted by Crippen LogP contribution is -2.25. The summed E-state index contributed by atoms with van der Waals surface area (Å²) in [5.74, 6) is -0.894. The number of aromatic nitrogens is 4. The first-order chi connectivity index (χ1) is 22.3. The van der Waals surface area contributed by atoms with E-state index in [9.17, 15) is 33.0 Å². The number of hydrogen-bond donors (Lipinski definition) is 3. The number of halogens is 4. The van der Waals surface area contributed by atoms with Crippen molar-refractivity contribution in [3.05, 3.63) is 81.1 Å². The van der Waals surface area contributed by atoms with E-state index in [1.807, 2.05) is 12.1 Å². The van der Waals surface area contributed by atoms with Gasteiger partial charge in [0.25, 0.3) is 5.91 Å². The minimum atomic E-state index is -4.51. The van der Waals surface area contributed by atoms with E-state index in [0.717, 1.165) is 5.56 Å². The number of aliphatic hydroxyl groups excluding tert-OH is 1. The van der Waals surface area contributed by atoms with E-state index in [-0.39, 0.29) is 41.6 Å². The summed E-state index contributed by atoms with van der Waals surface area (Å²) in [5.41, 5.74) is 1.57. The van der Waals surface area contributed by atoms with Gasteiger partial charge in [0.05, 0.1) is 23.7 Å². The van der Waals surface area contributed by atoms with Gasteiger partial charge in [-0.3, -0.25) is 9.59 Å². The van der Waals surface area contributed by atoms with Crippen molar-refractivity contribution in [3.63, 3.8) is 0 Å². The Balaban J connectivity index is 1.40. The number of nitrogens with zero attached hydrogens (tertiary/aromatic N) is 4. The molecule has 0 saturated carbocycles. The van der Waals surface area contributed by atoms with E-state index >= 15 is 0 Å². The molecule has 16 heteroatoms. The van der Waals surface area contributed by atoms with Gasteiger partial charge in [-0.2, -0.15) is 13.2 Å². The van der Waals surface area contributed by atoms with Crippen molar-refractivity contribution in [2.24, 2.45) is 0 Å². The maximum atomic E-state index is 13.1. The van der Waals surface area contributed by atoms with Gasteiger partial charge in [-0.1, -0.05) is 12.1 Å². The number of aryl methyl sites for hydroxylation is 1. The van der Waals surface area contributed by atoms with Gasteiger partial charge in [0, 0.05) is 23.7 Å². The SMILES string of the molecule is COc1ccc(Cn2nnnc2C(=O)Nc2cc(OCC(O)COc3ccc(C(C)=O)c(O)c3CCC(F)(F)F)c(Br)cc2C)cc1. The third-order valence-corrected chi connectivity index (χ3v) is 7.51. The highest BCUT2D eigenvalue weighted by atomic mass is 79.9. The Morgan fingerprint density at radius 3 is 2.38 bits per heavy atom. The summed E-state index contributed by atoms with van der Waals surface area (Å²) in [5, 5.41) is 35.1. The molecule has 0 spiro atoms. The van der Waals surface area contributed by atoms with Gasteiger partial charge < -0.3 is 29.7 Å². The second-order valence-corrected chi connectivity index (χ2v) is 11.3. The number of aliphatic hydroxyl groups is 1. The van der Waals surface area contributed by atoms with Crippen molar-refractivity contribution in [2.75, 3.05) is 25.6 Å². The number of carbonyl (C=O) groups excluding carboxylic acids is 2. The monoisotopic (exact) mass is 721 g/mol. The van der Waals surface area contributed by atoms with Crippen molar-refractivity contribution < 1.29 is 47.2 Å². The number of anilines is 1. The number of aromatic hydroxyl groups is 1. The smallest absolute Gasteiger partial charge is 0.389 e. The number of carbonyl (C=O) groups is 2. The zero-order valence-corrected chi connectivity index (χ0v) is 27.1. The molecule has 0 aliphatic carbocycles. The molecule has 1 atom stereocenters. The number of benzene rings is 3. The first-order valence-electron chi connectivity index (χ1n) is 14.1. The lowest BCUT2D eigenvalue weighted by atomic mass is 10.0. The number of methoxy groups -OCH3 is 1. The molecule has 0 fully saturated rings. The van der Waals surface area contributed by atoms with Crippen LogP contribution >= 0.6 is 15.9 Å². The van der Waals surface area contributed by atoms with E-state index < -0.39 is 49.2 Å². The third-order valence-electron chi connectivity index (χ3n) is 6.89. The molecule has 1 unspecified atom stereocenters. The summed E-state index contributed by atoms with van der Waals surface area (Å²) in [6, 6.07) is 13.0. The lowest BCUT2D eigenvalue weighted by Gasteiger charge is -2.19. The van der Waals surface area contributed by atoms with Crippen LogP contribution in [0.3, 0.4) is 0 Å². The van der Waals surface area contributed by atoms with Crippen LogP contribution in [0.15, 0.2) is 53.0 Å². The van der Waals surface area contributed by atoms with Crippen LogP contribution in [-0.4, -0.2) is 74.7 Å². The molecule has 3 N–H and O–H groups in total. The summed E-state index contributed by atoms with van der Waals surface area (Å²) in [6.07, 6.45) is -7.64. The summed E-state index contributed by atoms with van der Waals surface area (Å²) >= 11 is 3.40. The Bertz CT molecular complexity index is 1730. The normalized spacial score (nSPS) is 12.0. The van der Waals surface area contributed by atoms with E-state index in [1.54, 1.807) is 32.2 Å². The minimum Gasteiger partial charge on any atom is -0.507 e. The highest BCUT2D eigenvalue weighted by molar-refractivity contribution is 9.10. The van der Waals surface area contributed by atoms with Gasteiger partial charge in [-0.05, 0) is 88.1 Å². The first kappa shape index (κ1) is 35.2. The summed E-state index contributed by atoms with van der Waals surface area (Å²) in [7, 11) is 1.56. The molecule has 1 amide bonds. The average molecular weight is 723 g/mol. The first-order valence-corrected chi connectivity index (χ1v) is 14.9. The Morgan fingerprint density at radius 1 is 1.06 bits per heavy atom. The number of rotatable bonds is 14. The van der Waals surface area contributed by atoms with Crippen molar-refractivity contribution in [3.8, 4) is 23.0 Å². The molecule has 4 rings (SSSR count). The van der Waals surface area contributed by atoms with E-state index in [2.05, 4.69) is 36.8 Å². The molecule has 1 heterocycles. The molecular formula is C31H31BrF3N5O7. The number of ether oxygens (including phenoxy) is 3. The second kappa shape index (κ2) is 15.3. The highest BCUT2D eigenvalue weighted by Crippen LogP contribution is 2.36. The zero-order valence-electron chi connectivity index (χ0n) is 25.5. The van der Waals surface area contributed by atoms with E-state index in [1.165, 1.54) is 29.8 Å². The van der Waals surface area contributed by atoms with Crippen LogP contribution in [0.4, 0.5) is 18.9 Å². The molecule has 4 aromatic rings. The average Bonchev–Trinajstić information content (AvgIpc) is 3.48. The quantitative estimate of drug-likeness (QED) is 0.146. The molecule has 3 aromatic carbocycles. The fraction of sp³-hybridized carbons (Fsp3) is 0.323. The van der Waals surface area contributed by atoms with Crippen molar-refractivity contribution >= 4 is 33.3 Å². The predicted octanol–water partition coefficient (Wildman–Crippen LogP) is 5.28. The van der Waals surface area contributed by atoms with Crippen LogP contribution in [0.25, 0.3) is 0 Å². The van der Waals surface area contributed by atoms with Gasteiger partial charge in [0.1, 0.15) is 42.3 Å². The number of hydrogen-bond acceptors (Lipinski definition) is 10. The Kier molecular flexibility index (Phi) is 11.4. The van der Waals surface area contributed by atoms with Gasteiger partial charge in [-0.15, -0.1) is 5.10 Å². The Morgan fingerprint density at radius 2 is 1.74 bits per heavy atom. The van der Waals surface area contributed by atoms with Crippen LogP contribution in [0.2, 0.25) is 0 Å². The molecule has 47 heavy (non-hydrogen) atoms. The third kappa shape index (κ3) is 9.42. The molecule has 250 valence electrons. The number of amides is 1. The van der Waals surface area contributed by atoms with Crippen LogP contribution in [0.1, 0.15) is 51.0 Å². The molecule has 0 aliphatic rings. The number of alkyl halides is 3. The molecule has 12 nitrogen and oxygen atoms in total. The standard InChI is InChI=1S/C31H31BrF3N5O7/c1-17-12-24(32)27(13-25(17)36-30(44)29-37-38-39-40(29)14-19-4-6-21(45-3)7-5-19)47-16-20(42)15-46-26-9-8-22(18(2)41)28(43)23(26)10-11-31(33,34)35/h4-9,12-13,20,42-43H,10-11,14-16H2,1-3H3,(H,36,44). The van der Waals surface area contributed by atoms with Gasteiger partial charge in [0.2, 0.25) is 5.82 Å². The topological polar surface area (TPSA) is 158 Å². The van der Waals surface area contributed by atoms with Gasteiger partial charge in [0.15, 0.2) is 5.78 Å². The minimum absolute atomic E-state index is 0.0323. The van der Waals surface area contributed by atoms with Crippen LogP contribution in [0, 0.1) is 6.92 Å². The Labute approximate surface area is 275 Å². The summed E-state index contributed by atoms with van der Waals surface area (Å²) < 4.78 is 57.0. The van der Waals surface area contributed by atoms with Gasteiger partial charge >= 0.3 is 6.18 Å². The molecule has 1 aromatic heterocycles. The van der Waals surface area contributed by atoms with Crippen molar-refractivity contribution in [1.82, 2.24) is 20.2 Å². The Hall–Kier alpha value is -4.70. The number of tetrazole rings is 1. The molecule has 0 aliphatic heterocycles. The van der Waals surface area contributed by atoms with Crippen molar-refractivity contribution in [1.29, 1.82) is 0 Å². The summed E-state index contributed by atoms with van der Waals surface area (Å²) in [4.78, 5) is 24.9. The maximum Gasteiger partial charge on any atom is 0.389 e. The van der Waals surface area contributed by atoms with Crippen LogP contribution in [-0.2, 0) is 13.0 Å². The number of nitrogens with one attached hydrogen (secondary N) is 1. The van der Waals surface area contributed by atoms with E-state index in [0.29, 0.717) is 21.5 Å². The zero-order chi connectivity index (χ0) is 34.3. The fourth-order valence-electron chi connectivity index (χ4n) is 4.42. The van der Waals surface area contributed by atoms with Crippen LogP contribution in [0.5, 0.6) is 23.0 Å². The van der Waals surface area contributed by atoms with Crippen LogP contribution < -0.4 is 19.5 Å². The predicted molar refractivity (Wildman–Crippen MR) is 166 cm³/mol. The number of phenolic OH excluding ortho intramolecular Hbond substituents is 1. The summed E-state index contributed by atoms with van der Waals surface area (Å²) in [6.45, 7) is 2.47. The number of Topliss-reactive ketones (excluding diaryl/α,β-unsaturated/α-hetero) is 1. The number of phenols is 1. The molecule has 0 bridgehead atoms. The highest BCUT2D eigenvalue weighted by Gasteiger charge is 2.29. The molecular weight excluding hydrogens is 691 g/mol. The van der Waals surface area contributed by atoms with E-state index in [4.69, 9.17) is 14.2 Å². The number of ketones is 1. The fourth-order valence-corrected chi connectivity index (χ4v) is 4.99. The van der Waals surface area contributed by atoms with Crippen molar-refractivity contribution in [2.45, 2.75) is 45.5 Å². The van der Waals surface area contributed by atoms with Gasteiger partial charge in [-0.25, -0.2) is 4.68 Å². The maximum absolute atomic E-state index is 13.1. The second-order valence-electron chi connectivity index (χ2n) is 10.4. The largest absolute Gasteiger partial charge is 0.507 e. The molecule has 0 radical (unpaired) electrons. The molecule has 0 saturated heterocycles.